The van der Waals surface area contributed by atoms with E-state index in [-0.39, 0.29) is 0 Å². The average Bonchev–Trinajstić information content (AvgIpc) is 2.61. The van der Waals surface area contributed by atoms with E-state index in [0.717, 1.165) is 21.5 Å². The molecule has 1 heterocycles. The molecule has 0 bridgehead atoms. The quantitative estimate of drug-likeness (QED) is 0.864. The molecule has 0 N–H and O–H groups in total. The Labute approximate surface area is 113 Å². The van der Waals surface area contributed by atoms with E-state index in [0.29, 0.717) is 11.6 Å². The SMILES string of the molecule is COc1ccc(Br)c(Cn2cc(Cl)c(C)n2)c1. The molecule has 0 radical (unpaired) electrons. The van der Waals surface area contributed by atoms with Gasteiger partial charge in [0.25, 0.3) is 0 Å². The molecule has 0 amide bonds. The predicted molar refractivity (Wildman–Crippen MR) is 71.8 cm³/mol. The number of hydrogen-bond donors (Lipinski definition) is 0. The monoisotopic (exact) mass is 314 g/mol. The molecule has 3 nitrogen and oxygen atoms in total. The van der Waals surface area contributed by atoms with Crippen molar-refractivity contribution in [3.05, 3.63) is 45.1 Å². The number of aryl methyl sites for hydroxylation is 1. The number of rotatable bonds is 3. The third-order valence-electron chi connectivity index (χ3n) is 2.47. The van der Waals surface area contributed by atoms with Crippen LogP contribution in [0.2, 0.25) is 5.02 Å². The molecule has 2 aromatic rings. The molecule has 0 saturated heterocycles. The summed E-state index contributed by atoms with van der Waals surface area (Å²) in [7, 11) is 1.65. The van der Waals surface area contributed by atoms with Crippen molar-refractivity contribution in [1.29, 1.82) is 0 Å². The molecule has 17 heavy (non-hydrogen) atoms. The fourth-order valence-electron chi connectivity index (χ4n) is 1.55. The number of nitrogens with zero attached hydrogens (tertiary/aromatic N) is 2. The summed E-state index contributed by atoms with van der Waals surface area (Å²) < 4.78 is 8.05. The first kappa shape index (κ1) is 12.5. The van der Waals surface area contributed by atoms with E-state index in [1.807, 2.05) is 36.0 Å². The minimum absolute atomic E-state index is 0.658. The van der Waals surface area contributed by atoms with Gasteiger partial charge in [0.15, 0.2) is 0 Å². The molecule has 1 aromatic carbocycles. The van der Waals surface area contributed by atoms with Crippen molar-refractivity contribution in [1.82, 2.24) is 9.78 Å². The highest BCUT2D eigenvalue weighted by molar-refractivity contribution is 9.10. The minimum Gasteiger partial charge on any atom is -0.497 e. The van der Waals surface area contributed by atoms with Gasteiger partial charge in [-0.15, -0.1) is 0 Å². The van der Waals surface area contributed by atoms with Gasteiger partial charge in [-0.1, -0.05) is 27.5 Å². The van der Waals surface area contributed by atoms with Crippen LogP contribution < -0.4 is 4.74 Å². The summed E-state index contributed by atoms with van der Waals surface area (Å²) in [5.41, 5.74) is 1.94. The van der Waals surface area contributed by atoms with Crippen LogP contribution in [-0.2, 0) is 6.54 Å². The van der Waals surface area contributed by atoms with Gasteiger partial charge in [0.2, 0.25) is 0 Å². The topological polar surface area (TPSA) is 27.1 Å². The van der Waals surface area contributed by atoms with Gasteiger partial charge < -0.3 is 4.74 Å². The molecule has 90 valence electrons. The first-order valence-electron chi connectivity index (χ1n) is 5.12. The van der Waals surface area contributed by atoms with Crippen LogP contribution in [0.25, 0.3) is 0 Å². The normalized spacial score (nSPS) is 10.6. The first-order chi connectivity index (χ1) is 8.10. The number of ether oxygens (including phenoxy) is 1. The van der Waals surface area contributed by atoms with Crippen molar-refractivity contribution in [3.63, 3.8) is 0 Å². The van der Waals surface area contributed by atoms with Gasteiger partial charge in [-0.05, 0) is 30.7 Å². The Morgan fingerprint density at radius 2 is 2.24 bits per heavy atom. The van der Waals surface area contributed by atoms with Crippen LogP contribution >= 0.6 is 27.5 Å². The van der Waals surface area contributed by atoms with Gasteiger partial charge in [-0.2, -0.15) is 5.10 Å². The summed E-state index contributed by atoms with van der Waals surface area (Å²) in [6, 6.07) is 5.86. The predicted octanol–water partition coefficient (Wildman–Crippen LogP) is 3.66. The van der Waals surface area contributed by atoms with Gasteiger partial charge in [0.05, 0.1) is 24.4 Å². The van der Waals surface area contributed by atoms with Crippen molar-refractivity contribution in [2.45, 2.75) is 13.5 Å². The van der Waals surface area contributed by atoms with Crippen LogP contribution in [-0.4, -0.2) is 16.9 Å². The highest BCUT2D eigenvalue weighted by Crippen LogP contribution is 2.24. The van der Waals surface area contributed by atoms with Gasteiger partial charge >= 0.3 is 0 Å². The minimum atomic E-state index is 0.658. The van der Waals surface area contributed by atoms with Gasteiger partial charge in [-0.25, -0.2) is 0 Å². The summed E-state index contributed by atoms with van der Waals surface area (Å²) in [6.07, 6.45) is 1.82. The van der Waals surface area contributed by atoms with Crippen LogP contribution in [0.3, 0.4) is 0 Å². The smallest absolute Gasteiger partial charge is 0.119 e. The van der Waals surface area contributed by atoms with Crippen molar-refractivity contribution in [2.75, 3.05) is 7.11 Å². The maximum atomic E-state index is 5.97. The van der Waals surface area contributed by atoms with E-state index in [1.165, 1.54) is 0 Å². The van der Waals surface area contributed by atoms with Gasteiger partial charge in [0, 0.05) is 10.7 Å². The largest absolute Gasteiger partial charge is 0.497 e. The number of methoxy groups -OCH3 is 1. The maximum Gasteiger partial charge on any atom is 0.119 e. The van der Waals surface area contributed by atoms with Crippen molar-refractivity contribution in [2.24, 2.45) is 0 Å². The zero-order valence-corrected chi connectivity index (χ0v) is 11.9. The molecule has 0 saturated carbocycles. The fraction of sp³-hybridized carbons (Fsp3) is 0.250. The molecule has 0 aliphatic rings. The molecular weight excluding hydrogens is 304 g/mol. The number of aromatic nitrogens is 2. The third-order valence-corrected chi connectivity index (χ3v) is 3.62. The second-order valence-corrected chi connectivity index (χ2v) is 4.98. The lowest BCUT2D eigenvalue weighted by atomic mass is 10.2. The lowest BCUT2D eigenvalue weighted by Crippen LogP contribution is -2.01. The number of benzene rings is 1. The molecule has 0 unspecified atom stereocenters. The van der Waals surface area contributed by atoms with Crippen molar-refractivity contribution < 1.29 is 4.74 Å². The Bertz CT molecular complexity index is 520. The van der Waals surface area contributed by atoms with E-state index in [9.17, 15) is 0 Å². The molecular formula is C12H12BrClN2O. The Morgan fingerprint density at radius 3 is 2.82 bits per heavy atom. The van der Waals surface area contributed by atoms with E-state index in [2.05, 4.69) is 21.0 Å². The Hall–Kier alpha value is -1.00. The second-order valence-electron chi connectivity index (χ2n) is 3.72. The van der Waals surface area contributed by atoms with Crippen LogP contribution in [0, 0.1) is 6.92 Å². The molecule has 0 spiro atoms. The first-order valence-corrected chi connectivity index (χ1v) is 6.29. The zero-order valence-electron chi connectivity index (χ0n) is 9.58. The van der Waals surface area contributed by atoms with Crippen LogP contribution in [0.1, 0.15) is 11.3 Å². The van der Waals surface area contributed by atoms with E-state index < -0.39 is 0 Å². The molecule has 1 aromatic heterocycles. The zero-order chi connectivity index (χ0) is 12.4. The highest BCUT2D eigenvalue weighted by Gasteiger charge is 2.06. The van der Waals surface area contributed by atoms with E-state index in [4.69, 9.17) is 16.3 Å². The van der Waals surface area contributed by atoms with Crippen molar-refractivity contribution in [3.8, 4) is 5.75 Å². The van der Waals surface area contributed by atoms with E-state index in [1.54, 1.807) is 7.11 Å². The maximum absolute atomic E-state index is 5.97. The molecule has 0 fully saturated rings. The lowest BCUT2D eigenvalue weighted by Gasteiger charge is -2.07. The lowest BCUT2D eigenvalue weighted by molar-refractivity contribution is 0.414. The summed E-state index contributed by atoms with van der Waals surface area (Å²) >= 11 is 9.49. The number of halogens is 2. The highest BCUT2D eigenvalue weighted by atomic mass is 79.9. The molecule has 0 aliphatic heterocycles. The fourth-order valence-corrected chi connectivity index (χ4v) is 2.07. The third kappa shape index (κ3) is 2.82. The Balaban J connectivity index is 2.28. The standard InChI is InChI=1S/C12H12BrClN2O/c1-8-12(14)7-16(15-8)6-9-5-10(17-2)3-4-11(9)13/h3-5,7H,6H2,1-2H3. The van der Waals surface area contributed by atoms with Crippen molar-refractivity contribution >= 4 is 27.5 Å². The second kappa shape index (κ2) is 5.10. The average molecular weight is 316 g/mol. The molecule has 5 heteroatoms. The summed E-state index contributed by atoms with van der Waals surface area (Å²) in [5.74, 6) is 0.832. The summed E-state index contributed by atoms with van der Waals surface area (Å²) in [5, 5.41) is 5.01. The Kier molecular flexibility index (Phi) is 3.74. The molecule has 0 atom stereocenters. The van der Waals surface area contributed by atoms with Gasteiger partial charge in [-0.3, -0.25) is 4.68 Å². The molecule has 2 rings (SSSR count). The van der Waals surface area contributed by atoms with Crippen LogP contribution in [0.4, 0.5) is 0 Å². The number of hydrogen-bond acceptors (Lipinski definition) is 2. The molecule has 0 aliphatic carbocycles. The van der Waals surface area contributed by atoms with Crippen LogP contribution in [0.5, 0.6) is 5.75 Å². The van der Waals surface area contributed by atoms with Crippen LogP contribution in [0.15, 0.2) is 28.9 Å². The summed E-state index contributed by atoms with van der Waals surface area (Å²) in [4.78, 5) is 0. The van der Waals surface area contributed by atoms with E-state index >= 15 is 0 Å². The Morgan fingerprint density at radius 1 is 1.47 bits per heavy atom. The van der Waals surface area contributed by atoms with Gasteiger partial charge in [0.1, 0.15) is 5.75 Å². The summed E-state index contributed by atoms with van der Waals surface area (Å²) in [6.45, 7) is 2.55.